The minimum absolute atomic E-state index is 0. The van der Waals surface area contributed by atoms with Gasteiger partial charge in [0.25, 0.3) is 0 Å². The van der Waals surface area contributed by atoms with E-state index in [2.05, 4.69) is 98.3 Å². The first-order valence-corrected chi connectivity index (χ1v) is 8.24. The largest absolute Gasteiger partial charge is 1.00 e. The van der Waals surface area contributed by atoms with E-state index in [1.54, 1.807) is 0 Å². The molecule has 0 unspecified atom stereocenters. The molecule has 0 fully saturated rings. The van der Waals surface area contributed by atoms with Crippen molar-refractivity contribution in [2.45, 2.75) is 0 Å². The Bertz CT molecular complexity index is 788. The van der Waals surface area contributed by atoms with Gasteiger partial charge in [-0.25, -0.2) is 4.57 Å². The summed E-state index contributed by atoms with van der Waals surface area (Å²) in [5.74, 6) is 0. The van der Waals surface area contributed by atoms with Gasteiger partial charge in [-0.15, -0.1) is 0 Å². The molecule has 0 saturated heterocycles. The molecule has 0 aliphatic heterocycles. The van der Waals surface area contributed by atoms with E-state index in [-0.39, 0.29) is 24.0 Å². The zero-order valence-corrected chi connectivity index (χ0v) is 17.3. The van der Waals surface area contributed by atoms with Gasteiger partial charge in [-0.3, -0.25) is 0 Å². The van der Waals surface area contributed by atoms with Gasteiger partial charge < -0.3 is 24.0 Å². The fraction of sp³-hybridized carbons (Fsp3) is 0.0556. The van der Waals surface area contributed by atoms with Crippen molar-refractivity contribution in [3.63, 3.8) is 0 Å². The van der Waals surface area contributed by atoms with Crippen LogP contribution in [0.2, 0.25) is 0 Å². The van der Waals surface area contributed by atoms with Crippen LogP contribution < -0.4 is 28.5 Å². The van der Waals surface area contributed by atoms with Crippen LogP contribution in [-0.4, -0.2) is 0 Å². The topological polar surface area (TPSA) is 3.88 Å². The van der Waals surface area contributed by atoms with Crippen LogP contribution in [0, 0.1) is 0 Å². The molecular formula is C18H14Br2IN. The molecule has 0 amide bonds. The Hall–Kier alpha value is -0.720. The number of aromatic nitrogens is 1. The maximum Gasteiger partial charge on any atom is 0.177 e. The van der Waals surface area contributed by atoms with E-state index in [4.69, 9.17) is 0 Å². The smallest absolute Gasteiger partial charge is 0.177 e. The Balaban J connectivity index is 0.00000176. The van der Waals surface area contributed by atoms with Gasteiger partial charge in [0.15, 0.2) is 12.4 Å². The summed E-state index contributed by atoms with van der Waals surface area (Å²) in [5.41, 5.74) is 4.76. The molecule has 4 heteroatoms. The van der Waals surface area contributed by atoms with Gasteiger partial charge in [0.05, 0.1) is 11.1 Å². The summed E-state index contributed by atoms with van der Waals surface area (Å²) in [6, 6.07) is 18.8. The number of aryl methyl sites for hydroxylation is 1. The standard InChI is InChI=1S/C18H14Br2N.HI/c1-21-11-16(13-6-3-2-4-7-13)18(20)17(12-21)14-8-5-9-15(19)10-14;/h2-12H,1H3;1H/q+1;/p-1. The lowest BCUT2D eigenvalue weighted by Gasteiger charge is -2.09. The van der Waals surface area contributed by atoms with E-state index >= 15 is 0 Å². The van der Waals surface area contributed by atoms with Gasteiger partial charge in [-0.1, -0.05) is 58.4 Å². The Labute approximate surface area is 164 Å². The van der Waals surface area contributed by atoms with E-state index in [1.165, 1.54) is 22.3 Å². The van der Waals surface area contributed by atoms with Crippen molar-refractivity contribution in [3.05, 3.63) is 75.9 Å². The highest BCUT2D eigenvalue weighted by Crippen LogP contribution is 2.35. The molecule has 0 aliphatic rings. The molecule has 0 saturated carbocycles. The third kappa shape index (κ3) is 3.78. The molecular weight excluding hydrogens is 517 g/mol. The summed E-state index contributed by atoms with van der Waals surface area (Å²) in [5, 5.41) is 0. The first-order valence-electron chi connectivity index (χ1n) is 6.65. The van der Waals surface area contributed by atoms with Crippen molar-refractivity contribution in [3.8, 4) is 22.3 Å². The molecule has 3 aromatic rings. The highest BCUT2D eigenvalue weighted by Gasteiger charge is 2.15. The fourth-order valence-corrected chi connectivity index (χ4v) is 3.44. The van der Waals surface area contributed by atoms with Crippen molar-refractivity contribution >= 4 is 31.9 Å². The molecule has 112 valence electrons. The molecule has 22 heavy (non-hydrogen) atoms. The maximum atomic E-state index is 3.78. The second kappa shape index (κ2) is 7.70. The predicted molar refractivity (Wildman–Crippen MR) is 93.9 cm³/mol. The highest BCUT2D eigenvalue weighted by molar-refractivity contribution is 9.11. The van der Waals surface area contributed by atoms with Gasteiger partial charge in [-0.05, 0) is 39.2 Å². The molecule has 0 atom stereocenters. The van der Waals surface area contributed by atoms with Crippen molar-refractivity contribution in [2.24, 2.45) is 7.05 Å². The molecule has 0 spiro atoms. The third-order valence-corrected chi connectivity index (χ3v) is 4.71. The van der Waals surface area contributed by atoms with Crippen LogP contribution in [0.25, 0.3) is 22.3 Å². The van der Waals surface area contributed by atoms with E-state index in [0.29, 0.717) is 0 Å². The van der Waals surface area contributed by atoms with Crippen molar-refractivity contribution in [1.82, 2.24) is 0 Å². The zero-order valence-electron chi connectivity index (χ0n) is 11.9. The highest BCUT2D eigenvalue weighted by atomic mass is 127. The lowest BCUT2D eigenvalue weighted by atomic mass is 10.0. The number of hydrogen-bond acceptors (Lipinski definition) is 0. The molecule has 1 aromatic heterocycles. The number of halogens is 3. The number of hydrogen-bond donors (Lipinski definition) is 0. The molecule has 2 aromatic carbocycles. The first-order chi connectivity index (χ1) is 10.1. The van der Waals surface area contributed by atoms with Gasteiger partial charge in [0.2, 0.25) is 0 Å². The summed E-state index contributed by atoms with van der Waals surface area (Å²) in [7, 11) is 2.06. The third-order valence-electron chi connectivity index (χ3n) is 3.36. The minimum atomic E-state index is 0. The zero-order chi connectivity index (χ0) is 14.8. The van der Waals surface area contributed by atoms with E-state index in [9.17, 15) is 0 Å². The number of pyridine rings is 1. The van der Waals surface area contributed by atoms with Crippen LogP contribution in [0.1, 0.15) is 0 Å². The number of nitrogens with zero attached hydrogens (tertiary/aromatic N) is 1. The van der Waals surface area contributed by atoms with Gasteiger partial charge in [-0.2, -0.15) is 0 Å². The molecule has 0 N–H and O–H groups in total. The number of benzene rings is 2. The van der Waals surface area contributed by atoms with Crippen molar-refractivity contribution < 1.29 is 28.5 Å². The SMILES string of the molecule is C[n+]1cc(-c2ccccc2)c(Br)c(-c2cccc(Br)c2)c1.[I-]. The van der Waals surface area contributed by atoms with Gasteiger partial charge in [0, 0.05) is 8.95 Å². The van der Waals surface area contributed by atoms with Crippen LogP contribution in [-0.2, 0) is 7.05 Å². The average molecular weight is 531 g/mol. The van der Waals surface area contributed by atoms with E-state index < -0.39 is 0 Å². The summed E-state index contributed by atoms with van der Waals surface area (Å²) >= 11 is 7.33. The van der Waals surface area contributed by atoms with E-state index in [0.717, 1.165) is 8.95 Å². The van der Waals surface area contributed by atoms with Gasteiger partial charge >= 0.3 is 0 Å². The lowest BCUT2D eigenvalue weighted by Crippen LogP contribution is -3.00. The fourth-order valence-electron chi connectivity index (χ4n) is 2.38. The van der Waals surface area contributed by atoms with Gasteiger partial charge in [0.1, 0.15) is 7.05 Å². The van der Waals surface area contributed by atoms with Crippen molar-refractivity contribution in [1.29, 1.82) is 0 Å². The second-order valence-electron chi connectivity index (χ2n) is 4.94. The lowest BCUT2D eigenvalue weighted by molar-refractivity contribution is -0.670. The first kappa shape index (κ1) is 17.6. The Morgan fingerprint density at radius 1 is 0.773 bits per heavy atom. The monoisotopic (exact) mass is 529 g/mol. The normalized spacial score (nSPS) is 10.1. The molecule has 1 nitrogen and oxygen atoms in total. The van der Waals surface area contributed by atoms with Crippen LogP contribution in [0.3, 0.4) is 0 Å². The van der Waals surface area contributed by atoms with Crippen LogP contribution in [0.15, 0.2) is 75.9 Å². The summed E-state index contributed by atoms with van der Waals surface area (Å²) in [6.07, 6.45) is 4.28. The summed E-state index contributed by atoms with van der Waals surface area (Å²) < 4.78 is 4.30. The molecule has 1 heterocycles. The second-order valence-corrected chi connectivity index (χ2v) is 6.65. The Kier molecular flexibility index (Phi) is 6.17. The summed E-state index contributed by atoms with van der Waals surface area (Å²) in [6.45, 7) is 0. The molecule has 0 aliphatic carbocycles. The molecule has 0 radical (unpaired) electrons. The molecule has 3 rings (SSSR count). The van der Waals surface area contributed by atoms with E-state index in [1.807, 2.05) is 12.1 Å². The predicted octanol–water partition coefficient (Wildman–Crippen LogP) is 2.37. The maximum absolute atomic E-state index is 3.78. The van der Waals surface area contributed by atoms with Crippen molar-refractivity contribution in [2.75, 3.05) is 0 Å². The van der Waals surface area contributed by atoms with Crippen LogP contribution >= 0.6 is 31.9 Å². The molecule has 0 bridgehead atoms. The van der Waals surface area contributed by atoms with Crippen LogP contribution in [0.5, 0.6) is 0 Å². The Morgan fingerprint density at radius 3 is 2.00 bits per heavy atom. The Morgan fingerprint density at radius 2 is 1.36 bits per heavy atom. The summed E-state index contributed by atoms with van der Waals surface area (Å²) in [4.78, 5) is 0. The average Bonchev–Trinajstić information content (AvgIpc) is 2.50. The number of rotatable bonds is 2. The van der Waals surface area contributed by atoms with Crippen LogP contribution in [0.4, 0.5) is 0 Å². The quantitative estimate of drug-likeness (QED) is 0.354. The minimum Gasteiger partial charge on any atom is -1.00 e.